The number of amides is 2. The second-order valence-electron chi connectivity index (χ2n) is 30.3. The second-order valence-corrected chi connectivity index (χ2v) is 31.2. The lowest BCUT2D eigenvalue weighted by Crippen LogP contribution is -2.43. The third-order valence-corrected chi connectivity index (χ3v) is 20.1. The number of nitrogens with zero attached hydrogens (tertiary/aromatic N) is 4. The molecule has 2 amide bonds. The summed E-state index contributed by atoms with van der Waals surface area (Å²) in [6.07, 6.45) is 4.90. The molecule has 6 aromatic rings. The van der Waals surface area contributed by atoms with E-state index in [-0.39, 0.29) is 92.0 Å². The van der Waals surface area contributed by atoms with E-state index in [1.807, 2.05) is 107 Å². The molecule has 6 aromatic carbocycles. The standard InChI is InChI=1S/C33H39BN2O4.C27H27BrN2O2.C12H24B2O4.2H2S/c1-31(2,3)38-30(37)36-16-8-9-29(36)28-20-25-18-23(13-15-27(25)35-28)21-10-11-24-19-26(14-12-22(24)17-21)34-39-32(4,5)33(6,7)40-34;1-27(2,3)32-26(31)30-12-4-5-25(30)24-16-21-14-19(9-11-23(21)29-24)17-6-7-20-15-22(28)10-8-18(20)13-17;1-9(2)10(3,4)16-13(15-9)14-17-11(5,6)12(7,8)18-14;;/h10-15,17-19,29H,8-9,16,20H2,1-7H3;6-11,13-15,25H,4-5,12,16H2,1-3H3;1-8H3;2*1H2/t29-;25-;;;/m00.../s1. The number of aliphatic imine (C=N–C) groups is 2. The van der Waals surface area contributed by atoms with Gasteiger partial charge in [0.25, 0.3) is 0 Å². The lowest BCUT2D eigenvalue weighted by molar-refractivity contribution is 0.00578. The van der Waals surface area contributed by atoms with E-state index in [4.69, 9.17) is 47.4 Å². The van der Waals surface area contributed by atoms with Gasteiger partial charge in [-0.1, -0.05) is 76.6 Å². The summed E-state index contributed by atoms with van der Waals surface area (Å²) in [5, 5.41) is 4.78. The van der Waals surface area contributed by atoms with Crippen LogP contribution >= 0.6 is 42.9 Å². The van der Waals surface area contributed by atoms with E-state index in [0.717, 1.165) is 83.2 Å². The second kappa shape index (κ2) is 26.1. The molecule has 5 saturated heterocycles. The van der Waals surface area contributed by atoms with E-state index in [1.165, 1.54) is 49.5 Å². The number of halogens is 1. The number of hydrogen-bond donors (Lipinski definition) is 0. The van der Waals surface area contributed by atoms with E-state index in [2.05, 4.69) is 153 Å². The van der Waals surface area contributed by atoms with Gasteiger partial charge in [-0.3, -0.25) is 19.8 Å². The van der Waals surface area contributed by atoms with Gasteiger partial charge >= 0.3 is 33.3 Å². The number of carbonyl (C=O) groups excluding carboxylic acids is 2. The quantitative estimate of drug-likeness (QED) is 0.148. The minimum Gasteiger partial charge on any atom is -0.444 e. The van der Waals surface area contributed by atoms with Crippen molar-refractivity contribution < 1.29 is 47.0 Å². The number of benzene rings is 6. The molecule has 2 atom stereocenters. The van der Waals surface area contributed by atoms with Crippen LogP contribution < -0.4 is 5.46 Å². The minimum absolute atomic E-state index is 0. The summed E-state index contributed by atoms with van der Waals surface area (Å²) in [5.41, 5.74) is 9.20. The third-order valence-electron chi connectivity index (χ3n) is 19.6. The van der Waals surface area contributed by atoms with Crippen LogP contribution in [0, 0.1) is 0 Å². The Morgan fingerprint density at radius 2 is 0.804 bits per heavy atom. The molecule has 0 aliphatic carbocycles. The molecule has 0 bridgehead atoms. The molecule has 0 spiro atoms. The first kappa shape index (κ1) is 71.2. The highest BCUT2D eigenvalue weighted by Gasteiger charge is 2.64. The van der Waals surface area contributed by atoms with Crippen molar-refractivity contribution in [3.05, 3.63) is 125 Å². The maximum atomic E-state index is 12.8. The Morgan fingerprint density at radius 1 is 0.467 bits per heavy atom. The van der Waals surface area contributed by atoms with E-state index in [9.17, 15) is 9.59 Å². The molecule has 0 saturated carbocycles. The summed E-state index contributed by atoms with van der Waals surface area (Å²) in [4.78, 5) is 39.1. The molecule has 0 N–H and O–H groups in total. The molecule has 20 heteroatoms. The van der Waals surface area contributed by atoms with Crippen molar-refractivity contribution in [2.45, 2.75) is 220 Å². The SMILES string of the molecule is CC(C)(C)OC(=O)N1CCC[C@H]1C1=Nc2ccc(-c3ccc4cc(B5OC(C)(C)C(C)(C)O5)ccc4c3)cc2C1.CC(C)(C)OC(=O)N1CCC[C@H]1C1=Nc2ccc(-c3ccc4cc(Br)ccc4c3)cc2C1.CC1(C)OB(B2OC(C)(C)C(C)(C)O2)OC1(C)C.S.S. The fourth-order valence-corrected chi connectivity index (χ4v) is 12.8. The van der Waals surface area contributed by atoms with Crippen molar-refractivity contribution in [3.8, 4) is 22.3 Å². The Balaban J connectivity index is 0.000000172. The number of rotatable bonds is 6. The Morgan fingerprint density at radius 3 is 1.21 bits per heavy atom. The van der Waals surface area contributed by atoms with E-state index in [1.54, 1.807) is 0 Å². The van der Waals surface area contributed by atoms with Gasteiger partial charge < -0.3 is 37.4 Å². The molecule has 14 nitrogen and oxygen atoms in total. The van der Waals surface area contributed by atoms with Crippen LogP contribution in [0.2, 0.25) is 0 Å². The minimum atomic E-state index is -0.507. The molecule has 490 valence electrons. The Hall–Kier alpha value is -5.15. The van der Waals surface area contributed by atoms with Gasteiger partial charge in [0.2, 0.25) is 0 Å². The predicted octanol–water partition coefficient (Wildman–Crippen LogP) is 16.6. The number of fused-ring (bicyclic) bond motifs is 4. The van der Waals surface area contributed by atoms with Gasteiger partial charge in [0.15, 0.2) is 0 Å². The van der Waals surface area contributed by atoms with Crippen LogP contribution in [-0.4, -0.2) is 125 Å². The van der Waals surface area contributed by atoms with Crippen LogP contribution in [0.1, 0.15) is 161 Å². The summed E-state index contributed by atoms with van der Waals surface area (Å²) in [6.45, 7) is 37.4. The first-order chi connectivity index (χ1) is 41.9. The molecular weight excluding hydrogens is 1260 g/mol. The molecule has 7 aliphatic heterocycles. The zero-order chi connectivity index (χ0) is 64.9. The van der Waals surface area contributed by atoms with Gasteiger partial charge in [0.1, 0.15) is 11.2 Å². The summed E-state index contributed by atoms with van der Waals surface area (Å²) in [5.74, 6) is 0. The van der Waals surface area contributed by atoms with Gasteiger partial charge in [0, 0.05) is 41.8 Å². The molecule has 7 aliphatic rings. The number of carbonyl (C=O) groups is 2. The smallest absolute Gasteiger partial charge is 0.444 e. The van der Waals surface area contributed by atoms with E-state index in [0.29, 0.717) is 6.54 Å². The van der Waals surface area contributed by atoms with Crippen molar-refractivity contribution in [1.29, 1.82) is 0 Å². The van der Waals surface area contributed by atoms with Crippen LogP contribution in [-0.2, 0) is 50.2 Å². The molecule has 0 unspecified atom stereocenters. The first-order valence-electron chi connectivity index (χ1n) is 32.2. The lowest BCUT2D eigenvalue weighted by Gasteiger charge is -2.32. The summed E-state index contributed by atoms with van der Waals surface area (Å²) in [6, 6.07) is 39.0. The van der Waals surface area contributed by atoms with E-state index >= 15 is 0 Å². The number of ether oxygens (including phenoxy) is 2. The zero-order valence-corrected chi connectivity index (χ0v) is 60.8. The Kier molecular flexibility index (Phi) is 20.2. The molecule has 92 heavy (non-hydrogen) atoms. The zero-order valence-electron chi connectivity index (χ0n) is 57.2. The summed E-state index contributed by atoms with van der Waals surface area (Å²) < 4.78 is 48.8. The van der Waals surface area contributed by atoms with Gasteiger partial charge in [0.05, 0.1) is 57.1 Å². The monoisotopic (exact) mass is 1350 g/mol. The maximum absolute atomic E-state index is 12.8. The van der Waals surface area contributed by atoms with Crippen molar-refractivity contribution in [2.75, 3.05) is 13.1 Å². The molecule has 7 heterocycles. The van der Waals surface area contributed by atoms with Crippen LogP contribution in [0.5, 0.6) is 0 Å². The van der Waals surface area contributed by atoms with Crippen LogP contribution in [0.25, 0.3) is 43.8 Å². The Labute approximate surface area is 569 Å². The molecule has 13 rings (SSSR count). The number of hydrogen-bond acceptors (Lipinski definition) is 12. The maximum Gasteiger partial charge on any atom is 0.494 e. The van der Waals surface area contributed by atoms with Crippen LogP contribution in [0.3, 0.4) is 0 Å². The topological polar surface area (TPSA) is 139 Å². The first-order valence-corrected chi connectivity index (χ1v) is 32.9. The van der Waals surface area contributed by atoms with Crippen LogP contribution in [0.15, 0.2) is 124 Å². The molecular formula is C72H94B3BrN4O10S2. The normalized spacial score (nSPS) is 21.9. The van der Waals surface area contributed by atoms with E-state index < -0.39 is 25.2 Å². The fourth-order valence-electron chi connectivity index (χ4n) is 12.5. The van der Waals surface area contributed by atoms with Gasteiger partial charge in [-0.15, -0.1) is 0 Å². The molecule has 0 aromatic heterocycles. The highest BCUT2D eigenvalue weighted by Crippen LogP contribution is 2.44. The molecule has 5 fully saturated rings. The predicted molar refractivity (Wildman–Crippen MR) is 389 cm³/mol. The average molecular weight is 1350 g/mol. The Bertz CT molecular complexity index is 3760. The van der Waals surface area contributed by atoms with Crippen molar-refractivity contribution >= 4 is 126 Å². The van der Waals surface area contributed by atoms with Crippen molar-refractivity contribution in [3.63, 3.8) is 0 Å². The van der Waals surface area contributed by atoms with Crippen molar-refractivity contribution in [2.24, 2.45) is 9.98 Å². The van der Waals surface area contributed by atoms with Gasteiger partial charge in [-0.25, -0.2) is 9.59 Å². The van der Waals surface area contributed by atoms with Crippen molar-refractivity contribution in [1.82, 2.24) is 9.80 Å². The third kappa shape index (κ3) is 14.9. The van der Waals surface area contributed by atoms with Gasteiger partial charge in [-0.05, 0) is 259 Å². The van der Waals surface area contributed by atoms with Crippen LogP contribution in [0.4, 0.5) is 21.0 Å². The lowest BCUT2D eigenvalue weighted by atomic mass is 9.49. The summed E-state index contributed by atoms with van der Waals surface area (Å²) >= 11 is 3.55. The molecule has 0 radical (unpaired) electrons. The highest BCUT2D eigenvalue weighted by atomic mass is 79.9. The largest absolute Gasteiger partial charge is 0.494 e. The van der Waals surface area contributed by atoms with Gasteiger partial charge in [-0.2, -0.15) is 27.0 Å². The number of likely N-dealkylation sites (tertiary alicyclic amines) is 2. The summed E-state index contributed by atoms with van der Waals surface area (Å²) in [7, 11) is -1.32. The highest BCUT2D eigenvalue weighted by molar-refractivity contribution is 9.10. The average Bonchev–Trinajstić information content (AvgIpc) is 1.60. The fraction of sp³-hybridized carbons (Fsp3) is 0.500.